The highest BCUT2D eigenvalue weighted by Gasteiger charge is 2.19. The Balaban J connectivity index is 1.49. The van der Waals surface area contributed by atoms with E-state index >= 15 is 0 Å². The van der Waals surface area contributed by atoms with Crippen molar-refractivity contribution in [1.29, 1.82) is 0 Å². The number of nitrogens with one attached hydrogen (secondary N) is 1. The van der Waals surface area contributed by atoms with Crippen LogP contribution in [0.15, 0.2) is 66.7 Å². The minimum absolute atomic E-state index is 0.618. The first kappa shape index (κ1) is 21.8. The summed E-state index contributed by atoms with van der Waals surface area (Å²) in [5.74, 6) is 4.12. The Labute approximate surface area is 198 Å². The third-order valence-electron chi connectivity index (χ3n) is 5.58. The highest BCUT2D eigenvalue weighted by Crippen LogP contribution is 2.36. The van der Waals surface area contributed by atoms with Gasteiger partial charge in [-0.2, -0.15) is 4.98 Å². The van der Waals surface area contributed by atoms with Gasteiger partial charge in [0.1, 0.15) is 17.3 Å². The summed E-state index contributed by atoms with van der Waals surface area (Å²) in [4.78, 5) is 11.8. The molecule has 34 heavy (non-hydrogen) atoms. The molecule has 3 aromatic carbocycles. The number of rotatable bonds is 7. The molecule has 2 heterocycles. The zero-order chi connectivity index (χ0) is 23.3. The van der Waals surface area contributed by atoms with Gasteiger partial charge < -0.3 is 29.2 Å². The molecule has 0 spiro atoms. The Morgan fingerprint density at radius 1 is 0.824 bits per heavy atom. The second kappa shape index (κ2) is 9.84. The molecule has 0 atom stereocenters. The second-order valence-corrected chi connectivity index (χ2v) is 7.76. The molecule has 5 rings (SSSR count). The fourth-order valence-corrected chi connectivity index (χ4v) is 3.81. The third kappa shape index (κ3) is 4.67. The zero-order valence-corrected chi connectivity index (χ0v) is 19.2. The average molecular weight is 459 g/mol. The SMILES string of the molecule is COc1cc2nc(N3CCOCC3)nc(Nc3ccc(Oc4ccccc4)cc3)c2cc1OC. The highest BCUT2D eigenvalue weighted by molar-refractivity contribution is 5.94. The summed E-state index contributed by atoms with van der Waals surface area (Å²) >= 11 is 0. The molecule has 8 heteroatoms. The molecule has 174 valence electrons. The first-order chi connectivity index (χ1) is 16.7. The largest absolute Gasteiger partial charge is 0.493 e. The molecule has 0 aliphatic carbocycles. The van der Waals surface area contributed by atoms with Crippen LogP contribution in [0.2, 0.25) is 0 Å². The van der Waals surface area contributed by atoms with Gasteiger partial charge in [-0.05, 0) is 42.5 Å². The first-order valence-corrected chi connectivity index (χ1v) is 11.1. The summed E-state index contributed by atoms with van der Waals surface area (Å²) in [6, 6.07) is 21.2. The first-order valence-electron chi connectivity index (χ1n) is 11.1. The van der Waals surface area contributed by atoms with E-state index in [1.165, 1.54) is 0 Å². The number of benzene rings is 3. The summed E-state index contributed by atoms with van der Waals surface area (Å²) in [7, 11) is 3.23. The van der Waals surface area contributed by atoms with Crippen molar-refractivity contribution in [1.82, 2.24) is 9.97 Å². The van der Waals surface area contributed by atoms with Gasteiger partial charge in [0, 0.05) is 30.2 Å². The van der Waals surface area contributed by atoms with Gasteiger partial charge in [-0.3, -0.25) is 0 Å². The van der Waals surface area contributed by atoms with E-state index in [4.69, 9.17) is 28.9 Å². The number of anilines is 3. The standard InChI is InChI=1S/C26H26N4O4/c1-31-23-16-21-22(17-24(23)32-2)28-26(30-12-14-33-15-13-30)29-25(21)27-18-8-10-20(11-9-18)34-19-6-4-3-5-7-19/h3-11,16-17H,12-15H2,1-2H3,(H,27,28,29). The predicted octanol–water partition coefficient (Wildman–Crippen LogP) is 5.02. The van der Waals surface area contributed by atoms with E-state index in [1.807, 2.05) is 66.7 Å². The summed E-state index contributed by atoms with van der Waals surface area (Å²) in [5.41, 5.74) is 1.64. The molecule has 1 fully saturated rings. The lowest BCUT2D eigenvalue weighted by Crippen LogP contribution is -2.37. The fourth-order valence-electron chi connectivity index (χ4n) is 3.81. The number of nitrogens with zero attached hydrogens (tertiary/aromatic N) is 3. The molecule has 8 nitrogen and oxygen atoms in total. The van der Waals surface area contributed by atoms with Gasteiger partial charge in [-0.25, -0.2) is 4.98 Å². The molecular formula is C26H26N4O4. The molecule has 0 saturated carbocycles. The maximum Gasteiger partial charge on any atom is 0.228 e. The van der Waals surface area contributed by atoms with E-state index in [0.717, 1.165) is 41.2 Å². The molecule has 1 saturated heterocycles. The van der Waals surface area contributed by atoms with Crippen molar-refractivity contribution in [2.24, 2.45) is 0 Å². The summed E-state index contributed by atoms with van der Waals surface area (Å²) < 4.78 is 22.4. The van der Waals surface area contributed by atoms with Crippen LogP contribution >= 0.6 is 0 Å². The van der Waals surface area contributed by atoms with E-state index < -0.39 is 0 Å². The van der Waals surface area contributed by atoms with Crippen LogP contribution in [0, 0.1) is 0 Å². The Kier molecular flexibility index (Phi) is 6.31. The maximum atomic E-state index is 5.91. The quantitative estimate of drug-likeness (QED) is 0.414. The van der Waals surface area contributed by atoms with Crippen molar-refractivity contribution in [2.75, 3.05) is 50.7 Å². The monoisotopic (exact) mass is 458 g/mol. The molecule has 0 amide bonds. The molecule has 0 bridgehead atoms. The topological polar surface area (TPSA) is 78.0 Å². The minimum Gasteiger partial charge on any atom is -0.493 e. The predicted molar refractivity (Wildman–Crippen MR) is 132 cm³/mol. The lowest BCUT2D eigenvalue weighted by Gasteiger charge is -2.27. The van der Waals surface area contributed by atoms with Crippen LogP contribution in [0.5, 0.6) is 23.0 Å². The van der Waals surface area contributed by atoms with Gasteiger partial charge in [0.25, 0.3) is 0 Å². The Hall–Kier alpha value is -4.04. The Morgan fingerprint density at radius 3 is 2.21 bits per heavy atom. The van der Waals surface area contributed by atoms with Crippen LogP contribution in [0.3, 0.4) is 0 Å². The van der Waals surface area contributed by atoms with Crippen molar-refractivity contribution in [2.45, 2.75) is 0 Å². The number of fused-ring (bicyclic) bond motifs is 1. The van der Waals surface area contributed by atoms with Gasteiger partial charge in [0.15, 0.2) is 11.5 Å². The summed E-state index contributed by atoms with van der Waals surface area (Å²) in [5, 5.41) is 4.28. The van der Waals surface area contributed by atoms with E-state index in [-0.39, 0.29) is 0 Å². The Morgan fingerprint density at radius 2 is 1.50 bits per heavy atom. The fraction of sp³-hybridized carbons (Fsp3) is 0.231. The third-order valence-corrected chi connectivity index (χ3v) is 5.58. The number of methoxy groups -OCH3 is 2. The van der Waals surface area contributed by atoms with Gasteiger partial charge in [0.05, 0.1) is 33.0 Å². The maximum absolute atomic E-state index is 5.91. The van der Waals surface area contributed by atoms with Crippen molar-refractivity contribution in [3.8, 4) is 23.0 Å². The second-order valence-electron chi connectivity index (χ2n) is 7.76. The average Bonchev–Trinajstić information content (AvgIpc) is 2.90. The van der Waals surface area contributed by atoms with Crippen molar-refractivity contribution in [3.63, 3.8) is 0 Å². The molecular weight excluding hydrogens is 432 g/mol. The Bertz CT molecular complexity index is 1260. The minimum atomic E-state index is 0.618. The number of para-hydroxylation sites is 1. The van der Waals surface area contributed by atoms with Crippen LogP contribution < -0.4 is 24.4 Å². The van der Waals surface area contributed by atoms with Crippen LogP contribution in [0.1, 0.15) is 0 Å². The van der Waals surface area contributed by atoms with Crippen LogP contribution in [0.25, 0.3) is 10.9 Å². The van der Waals surface area contributed by atoms with Gasteiger partial charge in [-0.1, -0.05) is 18.2 Å². The number of hydrogen-bond donors (Lipinski definition) is 1. The normalized spacial score (nSPS) is 13.5. The van der Waals surface area contributed by atoms with Crippen molar-refractivity contribution in [3.05, 3.63) is 66.7 Å². The van der Waals surface area contributed by atoms with Crippen molar-refractivity contribution >= 4 is 28.4 Å². The number of hydrogen-bond acceptors (Lipinski definition) is 8. The molecule has 1 aliphatic rings. The zero-order valence-electron chi connectivity index (χ0n) is 19.2. The molecule has 1 N–H and O–H groups in total. The molecule has 0 radical (unpaired) electrons. The van der Waals surface area contributed by atoms with E-state index in [2.05, 4.69) is 10.2 Å². The van der Waals surface area contributed by atoms with Gasteiger partial charge in [0.2, 0.25) is 5.95 Å². The molecule has 1 aromatic heterocycles. The summed E-state index contributed by atoms with van der Waals surface area (Å²) in [6.45, 7) is 2.78. The van der Waals surface area contributed by atoms with Crippen LogP contribution in [-0.2, 0) is 4.74 Å². The molecule has 1 aliphatic heterocycles. The van der Waals surface area contributed by atoms with Crippen LogP contribution in [-0.4, -0.2) is 50.5 Å². The number of ether oxygens (including phenoxy) is 4. The number of morpholine rings is 1. The van der Waals surface area contributed by atoms with Gasteiger partial charge in [-0.15, -0.1) is 0 Å². The lowest BCUT2D eigenvalue weighted by atomic mass is 10.2. The molecule has 0 unspecified atom stereocenters. The number of aromatic nitrogens is 2. The summed E-state index contributed by atoms with van der Waals surface area (Å²) in [6.07, 6.45) is 0. The van der Waals surface area contributed by atoms with Crippen molar-refractivity contribution < 1.29 is 18.9 Å². The van der Waals surface area contributed by atoms with Crippen LogP contribution in [0.4, 0.5) is 17.5 Å². The lowest BCUT2D eigenvalue weighted by molar-refractivity contribution is 0.122. The van der Waals surface area contributed by atoms with E-state index in [1.54, 1.807) is 14.2 Å². The van der Waals surface area contributed by atoms with E-state index in [9.17, 15) is 0 Å². The van der Waals surface area contributed by atoms with Gasteiger partial charge >= 0.3 is 0 Å². The smallest absolute Gasteiger partial charge is 0.228 e. The highest BCUT2D eigenvalue weighted by atomic mass is 16.5. The van der Waals surface area contributed by atoms with E-state index in [0.29, 0.717) is 36.5 Å². The molecule has 4 aromatic rings.